The van der Waals surface area contributed by atoms with Crippen LogP contribution in [-0.2, 0) is 11.3 Å². The molecule has 1 aliphatic heterocycles. The van der Waals surface area contributed by atoms with Gasteiger partial charge in [0.2, 0.25) is 5.91 Å². The normalized spacial score (nSPS) is 22.2. The Morgan fingerprint density at radius 2 is 2.04 bits per heavy atom. The number of nitrogens with one attached hydrogen (secondary N) is 1. The van der Waals surface area contributed by atoms with Crippen molar-refractivity contribution in [2.24, 2.45) is 0 Å². The van der Waals surface area contributed by atoms with Crippen molar-refractivity contribution in [2.45, 2.75) is 69.6 Å². The minimum absolute atomic E-state index is 0.0186. The molecule has 2 aliphatic rings. The number of rotatable bonds is 5. The maximum absolute atomic E-state index is 12.3. The lowest BCUT2D eigenvalue weighted by molar-refractivity contribution is -0.128. The highest BCUT2D eigenvalue weighted by atomic mass is 16.3. The minimum Gasteiger partial charge on any atom is -0.389 e. The smallest absolute Gasteiger partial charge is 0.223 e. The van der Waals surface area contributed by atoms with Gasteiger partial charge in [-0.3, -0.25) is 14.7 Å². The molecular formula is C19H29N3O2. The molecule has 1 aromatic rings. The van der Waals surface area contributed by atoms with Crippen molar-refractivity contribution in [1.82, 2.24) is 15.2 Å². The monoisotopic (exact) mass is 331 g/mol. The van der Waals surface area contributed by atoms with E-state index in [0.717, 1.165) is 58.2 Å². The zero-order valence-corrected chi connectivity index (χ0v) is 14.4. The van der Waals surface area contributed by atoms with Crippen molar-refractivity contribution in [3.63, 3.8) is 0 Å². The second-order valence-electron chi connectivity index (χ2n) is 7.44. The van der Waals surface area contributed by atoms with Crippen LogP contribution in [0.25, 0.3) is 0 Å². The van der Waals surface area contributed by atoms with Crippen LogP contribution in [0.5, 0.6) is 0 Å². The van der Waals surface area contributed by atoms with Crippen LogP contribution in [0, 0.1) is 0 Å². The molecule has 1 saturated heterocycles. The summed E-state index contributed by atoms with van der Waals surface area (Å²) < 4.78 is 0. The number of piperidine rings is 1. The fourth-order valence-corrected chi connectivity index (χ4v) is 3.95. The summed E-state index contributed by atoms with van der Waals surface area (Å²) in [7, 11) is 0. The largest absolute Gasteiger partial charge is 0.389 e. The molecule has 5 heteroatoms. The van der Waals surface area contributed by atoms with E-state index in [4.69, 9.17) is 0 Å². The van der Waals surface area contributed by atoms with E-state index in [9.17, 15) is 9.90 Å². The summed E-state index contributed by atoms with van der Waals surface area (Å²) in [5, 5.41) is 13.6. The Bertz CT molecular complexity index is 521. The summed E-state index contributed by atoms with van der Waals surface area (Å²) in [6.45, 7) is 2.91. The lowest BCUT2D eigenvalue weighted by Gasteiger charge is -2.34. The first kappa shape index (κ1) is 17.4. The molecule has 2 fully saturated rings. The fraction of sp³-hybridized carbons (Fsp3) is 0.684. The number of pyridine rings is 1. The molecule has 132 valence electrons. The van der Waals surface area contributed by atoms with Gasteiger partial charge in [0.15, 0.2) is 0 Å². The number of likely N-dealkylation sites (tertiary alicyclic amines) is 1. The molecule has 0 bridgehead atoms. The molecule has 2 N–H and O–H groups in total. The van der Waals surface area contributed by atoms with Gasteiger partial charge < -0.3 is 10.4 Å². The summed E-state index contributed by atoms with van der Waals surface area (Å²) in [6.07, 6.45) is 10.7. The molecule has 0 aromatic carbocycles. The van der Waals surface area contributed by atoms with E-state index in [1.807, 2.05) is 12.3 Å². The Morgan fingerprint density at radius 3 is 2.71 bits per heavy atom. The molecule has 3 rings (SSSR count). The summed E-state index contributed by atoms with van der Waals surface area (Å²) in [4.78, 5) is 18.8. The first-order valence-electron chi connectivity index (χ1n) is 9.26. The van der Waals surface area contributed by atoms with Crippen LogP contribution in [-0.4, -0.2) is 45.6 Å². The molecule has 0 spiro atoms. The van der Waals surface area contributed by atoms with Gasteiger partial charge in [0.1, 0.15) is 0 Å². The maximum atomic E-state index is 12.3. The van der Waals surface area contributed by atoms with Crippen molar-refractivity contribution < 1.29 is 9.90 Å². The van der Waals surface area contributed by atoms with E-state index < -0.39 is 5.60 Å². The van der Waals surface area contributed by atoms with Gasteiger partial charge in [-0.1, -0.05) is 25.3 Å². The number of carbonyl (C=O) groups is 1. The predicted molar refractivity (Wildman–Crippen MR) is 93.3 cm³/mol. The molecule has 1 saturated carbocycles. The number of nitrogens with zero attached hydrogens (tertiary/aromatic N) is 2. The van der Waals surface area contributed by atoms with E-state index in [0.29, 0.717) is 0 Å². The Morgan fingerprint density at radius 1 is 1.29 bits per heavy atom. The molecule has 0 unspecified atom stereocenters. The third kappa shape index (κ3) is 5.02. The number of amides is 1. The predicted octanol–water partition coefficient (Wildman–Crippen LogP) is 2.25. The quantitative estimate of drug-likeness (QED) is 0.868. The first-order valence-corrected chi connectivity index (χ1v) is 9.26. The maximum Gasteiger partial charge on any atom is 0.223 e. The van der Waals surface area contributed by atoms with Gasteiger partial charge in [-0.25, -0.2) is 0 Å². The van der Waals surface area contributed by atoms with Crippen LogP contribution < -0.4 is 5.32 Å². The van der Waals surface area contributed by atoms with Gasteiger partial charge in [0, 0.05) is 38.1 Å². The van der Waals surface area contributed by atoms with Gasteiger partial charge in [-0.05, 0) is 37.3 Å². The van der Waals surface area contributed by atoms with Crippen LogP contribution in [0.4, 0.5) is 0 Å². The molecule has 2 heterocycles. The molecule has 24 heavy (non-hydrogen) atoms. The number of hydrogen-bond acceptors (Lipinski definition) is 4. The molecule has 1 amide bonds. The Labute approximate surface area is 144 Å². The second-order valence-corrected chi connectivity index (χ2v) is 7.44. The molecular weight excluding hydrogens is 302 g/mol. The zero-order valence-electron chi connectivity index (χ0n) is 14.4. The van der Waals surface area contributed by atoms with Crippen molar-refractivity contribution >= 4 is 5.91 Å². The third-order valence-corrected chi connectivity index (χ3v) is 5.36. The van der Waals surface area contributed by atoms with Gasteiger partial charge in [-0.2, -0.15) is 0 Å². The van der Waals surface area contributed by atoms with Gasteiger partial charge >= 0.3 is 0 Å². The standard InChI is InChI=1S/C19H29N3O2/c23-18(13-19(24)8-2-1-3-9-19)21-17-6-11-22(12-7-17)15-16-5-4-10-20-14-16/h4-5,10,14,17,24H,1-3,6-9,11-13,15H2,(H,21,23). The second kappa shape index (κ2) is 8.08. The van der Waals surface area contributed by atoms with Crippen LogP contribution in [0.3, 0.4) is 0 Å². The van der Waals surface area contributed by atoms with E-state index in [1.165, 1.54) is 12.0 Å². The topological polar surface area (TPSA) is 65.5 Å². The van der Waals surface area contributed by atoms with E-state index in [2.05, 4.69) is 21.3 Å². The first-order chi connectivity index (χ1) is 11.6. The number of hydrogen-bond donors (Lipinski definition) is 2. The molecule has 1 aromatic heterocycles. The third-order valence-electron chi connectivity index (χ3n) is 5.36. The summed E-state index contributed by atoms with van der Waals surface area (Å²) in [6, 6.07) is 4.32. The van der Waals surface area contributed by atoms with Crippen LogP contribution in [0.1, 0.15) is 56.9 Å². The van der Waals surface area contributed by atoms with Crippen molar-refractivity contribution in [3.8, 4) is 0 Å². The Kier molecular flexibility index (Phi) is 5.85. The van der Waals surface area contributed by atoms with Gasteiger partial charge in [0.25, 0.3) is 0 Å². The van der Waals surface area contributed by atoms with Gasteiger partial charge in [0.05, 0.1) is 12.0 Å². The highest BCUT2D eigenvalue weighted by molar-refractivity contribution is 5.77. The number of carbonyl (C=O) groups excluding carboxylic acids is 1. The lowest BCUT2D eigenvalue weighted by Crippen LogP contribution is -2.46. The van der Waals surface area contributed by atoms with E-state index >= 15 is 0 Å². The minimum atomic E-state index is -0.761. The SMILES string of the molecule is O=C(CC1(O)CCCCC1)NC1CCN(Cc2cccnc2)CC1. The van der Waals surface area contributed by atoms with Crippen molar-refractivity contribution in [3.05, 3.63) is 30.1 Å². The molecule has 5 nitrogen and oxygen atoms in total. The van der Waals surface area contributed by atoms with Crippen LogP contribution in [0.15, 0.2) is 24.5 Å². The average Bonchev–Trinajstić information content (AvgIpc) is 2.58. The van der Waals surface area contributed by atoms with E-state index in [-0.39, 0.29) is 18.4 Å². The highest BCUT2D eigenvalue weighted by Gasteiger charge is 2.32. The summed E-state index contributed by atoms with van der Waals surface area (Å²) in [5.74, 6) is 0.0186. The fourth-order valence-electron chi connectivity index (χ4n) is 3.95. The van der Waals surface area contributed by atoms with Crippen LogP contribution >= 0.6 is 0 Å². The van der Waals surface area contributed by atoms with Crippen molar-refractivity contribution in [1.29, 1.82) is 0 Å². The molecule has 0 radical (unpaired) electrons. The zero-order chi connectivity index (χ0) is 16.8. The van der Waals surface area contributed by atoms with Crippen molar-refractivity contribution in [2.75, 3.05) is 13.1 Å². The summed E-state index contributed by atoms with van der Waals surface area (Å²) in [5.41, 5.74) is 0.475. The van der Waals surface area contributed by atoms with E-state index in [1.54, 1.807) is 6.20 Å². The number of aliphatic hydroxyl groups is 1. The number of aromatic nitrogens is 1. The average molecular weight is 331 g/mol. The van der Waals surface area contributed by atoms with Gasteiger partial charge in [-0.15, -0.1) is 0 Å². The summed E-state index contributed by atoms with van der Waals surface area (Å²) >= 11 is 0. The Balaban J connectivity index is 1.39. The molecule has 0 atom stereocenters. The highest BCUT2D eigenvalue weighted by Crippen LogP contribution is 2.30. The molecule has 1 aliphatic carbocycles. The van der Waals surface area contributed by atoms with Crippen LogP contribution in [0.2, 0.25) is 0 Å². The lowest BCUT2D eigenvalue weighted by atomic mass is 9.82. The Hall–Kier alpha value is -1.46.